The molecular weight excluding hydrogens is 377 g/mol. The fourth-order valence-electron chi connectivity index (χ4n) is 3.53. The maximum atomic E-state index is 14.0. The normalized spacial score (nSPS) is 15.8. The molecule has 1 aromatic carbocycles. The maximum Gasteiger partial charge on any atom is 0.263 e. The highest BCUT2D eigenvalue weighted by molar-refractivity contribution is 7.16. The number of hydrogen-bond acceptors (Lipinski definition) is 4. The second-order valence-electron chi connectivity index (χ2n) is 7.22. The molecule has 0 saturated heterocycles. The summed E-state index contributed by atoms with van der Waals surface area (Å²) in [7, 11) is 0. The van der Waals surface area contributed by atoms with E-state index in [1.165, 1.54) is 12.3 Å². The Morgan fingerprint density at radius 3 is 2.68 bits per heavy atom. The van der Waals surface area contributed by atoms with Crippen molar-refractivity contribution in [3.63, 3.8) is 0 Å². The number of unbranched alkanes of at least 4 members (excludes halogenated alkanes) is 1. The van der Waals surface area contributed by atoms with Crippen LogP contribution in [0.5, 0.6) is 0 Å². The van der Waals surface area contributed by atoms with Gasteiger partial charge in [-0.25, -0.2) is 9.37 Å². The summed E-state index contributed by atoms with van der Waals surface area (Å²) in [5.41, 5.74) is -0.498. The summed E-state index contributed by atoms with van der Waals surface area (Å²) >= 11 is 1.13. The molecule has 1 saturated carbocycles. The van der Waals surface area contributed by atoms with Gasteiger partial charge in [0.15, 0.2) is 0 Å². The highest BCUT2D eigenvalue weighted by Crippen LogP contribution is 2.31. The van der Waals surface area contributed by atoms with Crippen LogP contribution in [0.15, 0.2) is 30.5 Å². The van der Waals surface area contributed by atoms with Gasteiger partial charge in [-0.15, -0.1) is 11.3 Å². The van der Waals surface area contributed by atoms with Gasteiger partial charge in [0.1, 0.15) is 21.2 Å². The smallest absolute Gasteiger partial charge is 0.263 e. The molecule has 0 atom stereocenters. The Hall–Kier alpha value is -2.28. The molecule has 1 fully saturated rings. The van der Waals surface area contributed by atoms with E-state index < -0.39 is 5.54 Å². The Morgan fingerprint density at radius 1 is 1.21 bits per heavy atom. The standard InChI is InChI=1S/C21H26FN3O2S/c1-2-3-13-23-20(27)21(11-7-4-8-12-21)25-18(26)17-14-24-19(28-17)15-9-5-6-10-16(15)22/h5-6,9-10,14H,2-4,7-8,11-13H2,1H3,(H,23,27)(H,25,26). The number of rotatable bonds is 7. The molecule has 2 amide bonds. The van der Waals surface area contributed by atoms with Gasteiger partial charge in [0, 0.05) is 12.1 Å². The molecule has 0 bridgehead atoms. The first kappa shape index (κ1) is 20.5. The van der Waals surface area contributed by atoms with E-state index in [1.807, 2.05) is 0 Å². The highest BCUT2D eigenvalue weighted by atomic mass is 32.1. The fraction of sp³-hybridized carbons (Fsp3) is 0.476. The van der Waals surface area contributed by atoms with Crippen molar-refractivity contribution < 1.29 is 14.0 Å². The zero-order valence-corrected chi connectivity index (χ0v) is 16.9. The number of nitrogens with one attached hydrogen (secondary N) is 2. The van der Waals surface area contributed by atoms with Crippen molar-refractivity contribution in [1.82, 2.24) is 15.6 Å². The van der Waals surface area contributed by atoms with E-state index in [0.29, 0.717) is 34.8 Å². The summed E-state index contributed by atoms with van der Waals surface area (Å²) in [5.74, 6) is -0.802. The lowest BCUT2D eigenvalue weighted by Gasteiger charge is -2.36. The number of carbonyl (C=O) groups is 2. The second kappa shape index (κ2) is 9.28. The van der Waals surface area contributed by atoms with Gasteiger partial charge < -0.3 is 10.6 Å². The quantitative estimate of drug-likeness (QED) is 0.677. The lowest BCUT2D eigenvalue weighted by Crippen LogP contribution is -2.59. The van der Waals surface area contributed by atoms with Gasteiger partial charge in [0.2, 0.25) is 5.91 Å². The predicted molar refractivity (Wildman–Crippen MR) is 109 cm³/mol. The highest BCUT2D eigenvalue weighted by Gasteiger charge is 2.41. The van der Waals surface area contributed by atoms with Crippen molar-refractivity contribution in [3.05, 3.63) is 41.2 Å². The van der Waals surface area contributed by atoms with Crippen molar-refractivity contribution in [2.75, 3.05) is 6.54 Å². The summed E-state index contributed by atoms with van der Waals surface area (Å²) in [5, 5.41) is 6.41. The summed E-state index contributed by atoms with van der Waals surface area (Å²) in [4.78, 5) is 30.3. The van der Waals surface area contributed by atoms with Crippen molar-refractivity contribution in [2.24, 2.45) is 0 Å². The summed E-state index contributed by atoms with van der Waals surface area (Å²) in [6.07, 6.45) is 7.52. The first-order chi connectivity index (χ1) is 13.6. The van der Waals surface area contributed by atoms with E-state index in [-0.39, 0.29) is 17.6 Å². The van der Waals surface area contributed by atoms with Gasteiger partial charge in [0.05, 0.1) is 6.20 Å². The fourth-order valence-corrected chi connectivity index (χ4v) is 4.37. The van der Waals surface area contributed by atoms with Gasteiger partial charge in [-0.2, -0.15) is 0 Å². The summed E-state index contributed by atoms with van der Waals surface area (Å²) < 4.78 is 14.0. The SMILES string of the molecule is CCCCNC(=O)C1(NC(=O)c2cnc(-c3ccccc3F)s2)CCCCC1. The molecule has 150 valence electrons. The monoisotopic (exact) mass is 403 g/mol. The third-order valence-corrected chi connectivity index (χ3v) is 6.17. The van der Waals surface area contributed by atoms with Crippen LogP contribution in [-0.2, 0) is 4.79 Å². The van der Waals surface area contributed by atoms with Crippen LogP contribution in [0.4, 0.5) is 4.39 Å². The minimum absolute atomic E-state index is 0.104. The Kier molecular flexibility index (Phi) is 6.78. The minimum atomic E-state index is -0.870. The van der Waals surface area contributed by atoms with Gasteiger partial charge in [0.25, 0.3) is 5.91 Å². The zero-order valence-electron chi connectivity index (χ0n) is 16.1. The van der Waals surface area contributed by atoms with Crippen molar-refractivity contribution in [3.8, 4) is 10.6 Å². The Balaban J connectivity index is 1.75. The van der Waals surface area contributed by atoms with E-state index >= 15 is 0 Å². The van der Waals surface area contributed by atoms with Crippen LogP contribution in [0.3, 0.4) is 0 Å². The van der Waals surface area contributed by atoms with Crippen LogP contribution in [0.25, 0.3) is 10.6 Å². The van der Waals surface area contributed by atoms with Crippen LogP contribution in [0, 0.1) is 5.82 Å². The van der Waals surface area contributed by atoms with Crippen LogP contribution in [0.1, 0.15) is 61.5 Å². The minimum Gasteiger partial charge on any atom is -0.354 e. The summed E-state index contributed by atoms with van der Waals surface area (Å²) in [6, 6.07) is 6.36. The van der Waals surface area contributed by atoms with Gasteiger partial charge in [-0.05, 0) is 31.4 Å². The molecular formula is C21H26FN3O2S. The lowest BCUT2D eigenvalue weighted by atomic mass is 9.80. The number of hydrogen-bond donors (Lipinski definition) is 2. The Bertz CT molecular complexity index is 831. The largest absolute Gasteiger partial charge is 0.354 e. The molecule has 0 spiro atoms. The zero-order chi connectivity index (χ0) is 20.0. The van der Waals surface area contributed by atoms with Gasteiger partial charge in [-0.1, -0.05) is 44.7 Å². The predicted octanol–water partition coefficient (Wildman–Crippen LogP) is 4.30. The molecule has 28 heavy (non-hydrogen) atoms. The number of benzene rings is 1. The van der Waals surface area contributed by atoms with Crippen LogP contribution >= 0.6 is 11.3 Å². The molecule has 0 unspecified atom stereocenters. The first-order valence-electron chi connectivity index (χ1n) is 9.87. The van der Waals surface area contributed by atoms with E-state index in [4.69, 9.17) is 0 Å². The van der Waals surface area contributed by atoms with E-state index in [2.05, 4.69) is 22.5 Å². The van der Waals surface area contributed by atoms with Crippen molar-refractivity contribution in [1.29, 1.82) is 0 Å². The average Bonchev–Trinajstić information content (AvgIpc) is 3.19. The number of aromatic nitrogens is 1. The van der Waals surface area contributed by atoms with Crippen LogP contribution < -0.4 is 10.6 Å². The topological polar surface area (TPSA) is 71.1 Å². The molecule has 1 aliphatic carbocycles. The molecule has 3 rings (SSSR count). The number of thiazole rings is 1. The van der Waals surface area contributed by atoms with E-state index in [9.17, 15) is 14.0 Å². The average molecular weight is 404 g/mol. The molecule has 1 heterocycles. The van der Waals surface area contributed by atoms with E-state index in [0.717, 1.165) is 43.4 Å². The number of amides is 2. The third-order valence-electron chi connectivity index (χ3n) is 5.14. The Morgan fingerprint density at radius 2 is 1.96 bits per heavy atom. The van der Waals surface area contributed by atoms with Crippen LogP contribution in [-0.4, -0.2) is 28.9 Å². The van der Waals surface area contributed by atoms with Crippen LogP contribution in [0.2, 0.25) is 0 Å². The number of halogens is 1. The molecule has 1 aromatic heterocycles. The number of carbonyl (C=O) groups excluding carboxylic acids is 2. The molecule has 2 aromatic rings. The molecule has 2 N–H and O–H groups in total. The molecule has 5 nitrogen and oxygen atoms in total. The maximum absolute atomic E-state index is 14.0. The Labute approximate surface area is 168 Å². The van der Waals surface area contributed by atoms with Crippen molar-refractivity contribution in [2.45, 2.75) is 57.4 Å². The molecule has 1 aliphatic rings. The van der Waals surface area contributed by atoms with Crippen molar-refractivity contribution >= 4 is 23.2 Å². The summed E-state index contributed by atoms with van der Waals surface area (Å²) in [6.45, 7) is 2.69. The first-order valence-corrected chi connectivity index (χ1v) is 10.7. The van der Waals surface area contributed by atoms with Gasteiger partial charge >= 0.3 is 0 Å². The lowest BCUT2D eigenvalue weighted by molar-refractivity contribution is -0.128. The molecule has 0 aliphatic heterocycles. The third kappa shape index (κ3) is 4.58. The van der Waals surface area contributed by atoms with E-state index in [1.54, 1.807) is 18.2 Å². The number of nitrogens with zero attached hydrogens (tertiary/aromatic N) is 1. The van der Waals surface area contributed by atoms with Gasteiger partial charge in [-0.3, -0.25) is 9.59 Å². The second-order valence-corrected chi connectivity index (χ2v) is 8.25. The molecule has 0 radical (unpaired) electrons. The molecule has 7 heteroatoms.